The summed E-state index contributed by atoms with van der Waals surface area (Å²) in [6.45, 7) is 1.60. The molecular weight excluding hydrogens is 266 g/mol. The van der Waals surface area contributed by atoms with Crippen LogP contribution in [0.3, 0.4) is 0 Å². The van der Waals surface area contributed by atoms with Crippen LogP contribution < -0.4 is 5.32 Å². The van der Waals surface area contributed by atoms with Gasteiger partial charge in [0.05, 0.1) is 23.7 Å². The first kappa shape index (κ1) is 13.4. The molecule has 1 aromatic carbocycles. The van der Waals surface area contributed by atoms with Crippen LogP contribution in [0.5, 0.6) is 0 Å². The minimum atomic E-state index is -0.0471. The number of carbonyl (C=O) groups excluding carboxylic acids is 1. The lowest BCUT2D eigenvalue weighted by Crippen LogP contribution is -2.24. The summed E-state index contributed by atoms with van der Waals surface area (Å²) in [6, 6.07) is 5.47. The molecule has 0 saturated carbocycles. The van der Waals surface area contributed by atoms with Crippen LogP contribution in [0.2, 0.25) is 0 Å². The zero-order valence-corrected chi connectivity index (χ0v) is 11.6. The molecule has 0 bridgehead atoms. The summed E-state index contributed by atoms with van der Waals surface area (Å²) < 4.78 is 2.04. The average molecular weight is 283 g/mol. The topological polar surface area (TPSA) is 75.6 Å². The van der Waals surface area contributed by atoms with Crippen molar-refractivity contribution in [1.29, 1.82) is 0 Å². The molecule has 0 unspecified atom stereocenters. The monoisotopic (exact) mass is 283 g/mol. The highest BCUT2D eigenvalue weighted by molar-refractivity contribution is 5.97. The molecule has 108 valence electrons. The van der Waals surface area contributed by atoms with Crippen molar-refractivity contribution < 1.29 is 4.79 Å². The molecule has 0 aliphatic heterocycles. The van der Waals surface area contributed by atoms with E-state index >= 15 is 0 Å². The van der Waals surface area contributed by atoms with Gasteiger partial charge in [0.1, 0.15) is 0 Å². The molecule has 0 spiro atoms. The molecule has 6 nitrogen and oxygen atoms in total. The summed E-state index contributed by atoms with van der Waals surface area (Å²) in [6.07, 6.45) is 9.10. The number of unbranched alkanes of at least 4 members (excludes halogenated alkanes) is 1. The number of nitrogens with zero attached hydrogens (tertiary/aromatic N) is 3. The maximum atomic E-state index is 12.0. The number of hydrogen-bond acceptors (Lipinski definition) is 3. The third-order valence-corrected chi connectivity index (χ3v) is 3.37. The highest BCUT2D eigenvalue weighted by Crippen LogP contribution is 2.11. The van der Waals surface area contributed by atoms with Gasteiger partial charge >= 0.3 is 0 Å². The predicted octanol–water partition coefficient (Wildman–Crippen LogP) is 1.97. The SMILES string of the molecule is O=C(NCCCCn1ccnc1)c1ccc2nc[nH]c2c1. The number of rotatable bonds is 6. The van der Waals surface area contributed by atoms with E-state index in [1.54, 1.807) is 24.9 Å². The van der Waals surface area contributed by atoms with E-state index in [4.69, 9.17) is 0 Å². The van der Waals surface area contributed by atoms with E-state index in [1.165, 1.54) is 0 Å². The molecule has 2 aromatic heterocycles. The molecule has 21 heavy (non-hydrogen) atoms. The normalized spacial score (nSPS) is 10.9. The second-order valence-corrected chi connectivity index (χ2v) is 4.90. The van der Waals surface area contributed by atoms with Crippen molar-refractivity contribution in [2.24, 2.45) is 0 Å². The van der Waals surface area contributed by atoms with Crippen LogP contribution in [0.1, 0.15) is 23.2 Å². The third kappa shape index (κ3) is 3.28. The Kier molecular flexibility index (Phi) is 3.95. The van der Waals surface area contributed by atoms with Crippen molar-refractivity contribution in [2.75, 3.05) is 6.54 Å². The predicted molar refractivity (Wildman–Crippen MR) is 79.9 cm³/mol. The van der Waals surface area contributed by atoms with E-state index in [2.05, 4.69) is 20.3 Å². The van der Waals surface area contributed by atoms with Crippen molar-refractivity contribution in [2.45, 2.75) is 19.4 Å². The van der Waals surface area contributed by atoms with Crippen LogP contribution in [-0.4, -0.2) is 32.0 Å². The van der Waals surface area contributed by atoms with Gasteiger partial charge < -0.3 is 14.9 Å². The number of fused-ring (bicyclic) bond motifs is 1. The highest BCUT2D eigenvalue weighted by atomic mass is 16.1. The first-order valence-corrected chi connectivity index (χ1v) is 7.00. The number of carbonyl (C=O) groups is 1. The van der Waals surface area contributed by atoms with Crippen LogP contribution in [-0.2, 0) is 6.54 Å². The van der Waals surface area contributed by atoms with E-state index in [0.717, 1.165) is 30.4 Å². The minimum Gasteiger partial charge on any atom is -0.352 e. The van der Waals surface area contributed by atoms with Gasteiger partial charge in [-0.05, 0) is 31.0 Å². The zero-order chi connectivity index (χ0) is 14.5. The lowest BCUT2D eigenvalue weighted by atomic mass is 10.2. The number of benzene rings is 1. The fourth-order valence-electron chi connectivity index (χ4n) is 2.22. The molecule has 6 heteroatoms. The van der Waals surface area contributed by atoms with Gasteiger partial charge in [-0.2, -0.15) is 0 Å². The summed E-state index contributed by atoms with van der Waals surface area (Å²) in [4.78, 5) is 23.2. The number of hydrogen-bond donors (Lipinski definition) is 2. The first-order valence-electron chi connectivity index (χ1n) is 7.00. The Balaban J connectivity index is 1.45. The second-order valence-electron chi connectivity index (χ2n) is 4.90. The third-order valence-electron chi connectivity index (χ3n) is 3.37. The van der Waals surface area contributed by atoms with E-state index in [0.29, 0.717) is 12.1 Å². The van der Waals surface area contributed by atoms with E-state index < -0.39 is 0 Å². The summed E-state index contributed by atoms with van der Waals surface area (Å²) in [5.41, 5.74) is 2.40. The molecule has 3 rings (SSSR count). The van der Waals surface area contributed by atoms with Crippen LogP contribution in [0.4, 0.5) is 0 Å². The second kappa shape index (κ2) is 6.21. The molecule has 1 amide bonds. The van der Waals surface area contributed by atoms with Gasteiger partial charge in [-0.1, -0.05) is 0 Å². The summed E-state index contributed by atoms with van der Waals surface area (Å²) in [5.74, 6) is -0.0471. The Morgan fingerprint density at radius 1 is 1.33 bits per heavy atom. The number of amides is 1. The van der Waals surface area contributed by atoms with Crippen molar-refractivity contribution >= 4 is 16.9 Å². The maximum absolute atomic E-state index is 12.0. The minimum absolute atomic E-state index is 0.0471. The van der Waals surface area contributed by atoms with Gasteiger partial charge in [0, 0.05) is 31.0 Å². The Labute approximate surface area is 122 Å². The van der Waals surface area contributed by atoms with Gasteiger partial charge in [0.25, 0.3) is 5.91 Å². The molecule has 0 aliphatic rings. The number of aromatic nitrogens is 4. The Hall–Kier alpha value is -2.63. The summed E-state index contributed by atoms with van der Waals surface area (Å²) >= 11 is 0. The molecule has 0 radical (unpaired) electrons. The van der Waals surface area contributed by atoms with Crippen LogP contribution >= 0.6 is 0 Å². The molecule has 0 aliphatic carbocycles. The largest absolute Gasteiger partial charge is 0.352 e. The van der Waals surface area contributed by atoms with E-state index in [-0.39, 0.29) is 5.91 Å². The van der Waals surface area contributed by atoms with Gasteiger partial charge in [-0.25, -0.2) is 9.97 Å². The zero-order valence-electron chi connectivity index (χ0n) is 11.6. The number of aryl methyl sites for hydroxylation is 1. The molecule has 0 fully saturated rings. The van der Waals surface area contributed by atoms with Crippen molar-refractivity contribution in [3.63, 3.8) is 0 Å². The maximum Gasteiger partial charge on any atom is 0.251 e. The standard InChI is InChI=1S/C15H17N5O/c21-15(12-3-4-13-14(9-12)19-10-18-13)17-5-1-2-7-20-8-6-16-11-20/h3-4,6,8-11H,1-2,5,7H2,(H,17,21)(H,18,19). The van der Waals surface area contributed by atoms with Crippen LogP contribution in [0, 0.1) is 0 Å². The molecule has 2 N–H and O–H groups in total. The number of nitrogens with one attached hydrogen (secondary N) is 2. The summed E-state index contributed by atoms with van der Waals surface area (Å²) in [7, 11) is 0. The van der Waals surface area contributed by atoms with Crippen molar-refractivity contribution in [3.8, 4) is 0 Å². The lowest BCUT2D eigenvalue weighted by molar-refractivity contribution is 0.0953. The number of aromatic amines is 1. The summed E-state index contributed by atoms with van der Waals surface area (Å²) in [5, 5.41) is 2.94. The smallest absolute Gasteiger partial charge is 0.251 e. The Bertz CT molecular complexity index is 717. The van der Waals surface area contributed by atoms with Gasteiger partial charge in [0.2, 0.25) is 0 Å². The van der Waals surface area contributed by atoms with Gasteiger partial charge in [-0.15, -0.1) is 0 Å². The van der Waals surface area contributed by atoms with Crippen LogP contribution in [0.15, 0.2) is 43.2 Å². The van der Waals surface area contributed by atoms with E-state index in [9.17, 15) is 4.79 Å². The van der Waals surface area contributed by atoms with E-state index in [1.807, 2.05) is 22.9 Å². The molecular formula is C15H17N5O. The van der Waals surface area contributed by atoms with Crippen LogP contribution in [0.25, 0.3) is 11.0 Å². The Morgan fingerprint density at radius 3 is 3.14 bits per heavy atom. The lowest BCUT2D eigenvalue weighted by Gasteiger charge is -2.06. The molecule has 3 aromatic rings. The fourth-order valence-corrected chi connectivity index (χ4v) is 2.22. The van der Waals surface area contributed by atoms with Crippen molar-refractivity contribution in [3.05, 3.63) is 48.8 Å². The van der Waals surface area contributed by atoms with Gasteiger partial charge in [0.15, 0.2) is 0 Å². The molecule has 0 saturated heterocycles. The number of H-pyrrole nitrogens is 1. The highest BCUT2D eigenvalue weighted by Gasteiger charge is 2.06. The quantitative estimate of drug-likeness (QED) is 0.679. The first-order chi connectivity index (χ1) is 10.3. The average Bonchev–Trinajstić information content (AvgIpc) is 3.17. The van der Waals surface area contributed by atoms with Crippen molar-refractivity contribution in [1.82, 2.24) is 24.8 Å². The Morgan fingerprint density at radius 2 is 2.29 bits per heavy atom. The number of imidazole rings is 2. The van der Waals surface area contributed by atoms with Gasteiger partial charge in [-0.3, -0.25) is 4.79 Å². The molecule has 2 heterocycles. The fraction of sp³-hybridized carbons (Fsp3) is 0.267. The molecule has 0 atom stereocenters.